The van der Waals surface area contributed by atoms with Crippen molar-refractivity contribution in [1.82, 2.24) is 0 Å². The third-order valence-electron chi connectivity index (χ3n) is 9.92. The minimum Gasteiger partial charge on any atom is -0.396 e. The minimum atomic E-state index is 0.0372. The van der Waals surface area contributed by atoms with Gasteiger partial charge in [0.2, 0.25) is 0 Å². The molecule has 0 aromatic rings. The van der Waals surface area contributed by atoms with Crippen molar-refractivity contribution in [2.24, 2.45) is 51.8 Å². The van der Waals surface area contributed by atoms with Crippen LogP contribution in [0.5, 0.6) is 0 Å². The quantitative estimate of drug-likeness (QED) is 0.650. The van der Waals surface area contributed by atoms with Gasteiger partial charge < -0.3 is 15.3 Å². The van der Waals surface area contributed by atoms with Crippen molar-refractivity contribution in [3.63, 3.8) is 0 Å². The zero-order chi connectivity index (χ0) is 19.6. The summed E-state index contributed by atoms with van der Waals surface area (Å²) >= 11 is 0. The molecule has 154 valence electrons. The maximum Gasteiger partial charge on any atom is 0.0487 e. The summed E-state index contributed by atoms with van der Waals surface area (Å²) < 4.78 is 0. The van der Waals surface area contributed by atoms with Gasteiger partial charge in [-0.2, -0.15) is 0 Å². The fraction of sp³-hybridized carbons (Fsp3) is 0.917. The molecule has 0 unspecified atom stereocenters. The molecule has 8 atom stereocenters. The van der Waals surface area contributed by atoms with Gasteiger partial charge in [-0.25, -0.2) is 0 Å². The van der Waals surface area contributed by atoms with E-state index in [-0.39, 0.29) is 41.3 Å². The topological polar surface area (TPSA) is 60.7 Å². The first-order valence-electron chi connectivity index (χ1n) is 11.3. The Labute approximate surface area is 165 Å². The van der Waals surface area contributed by atoms with E-state index in [1.807, 2.05) is 0 Å². The van der Waals surface area contributed by atoms with Crippen LogP contribution in [0.1, 0.15) is 66.2 Å². The predicted octanol–water partition coefficient (Wildman–Crippen LogP) is 4.02. The summed E-state index contributed by atoms with van der Waals surface area (Å²) in [6.07, 6.45) is 9.61. The number of aliphatic hydroxyl groups excluding tert-OH is 3. The molecule has 5 rings (SSSR count). The van der Waals surface area contributed by atoms with Crippen LogP contribution < -0.4 is 0 Å². The van der Waals surface area contributed by atoms with Crippen molar-refractivity contribution >= 4 is 0 Å². The van der Waals surface area contributed by atoms with Gasteiger partial charge in [-0.05, 0) is 83.9 Å². The van der Waals surface area contributed by atoms with Gasteiger partial charge in [0, 0.05) is 19.8 Å². The van der Waals surface area contributed by atoms with Crippen molar-refractivity contribution in [3.8, 4) is 0 Å². The number of hydrogen-bond acceptors (Lipinski definition) is 3. The normalized spacial score (nSPS) is 51.7. The minimum absolute atomic E-state index is 0.0372. The van der Waals surface area contributed by atoms with Crippen LogP contribution in [0, 0.1) is 51.8 Å². The molecule has 2 bridgehead atoms. The molecule has 5 aliphatic carbocycles. The molecule has 0 aliphatic heterocycles. The number of aliphatic hydroxyl groups is 3. The summed E-state index contributed by atoms with van der Waals surface area (Å²) in [7, 11) is 0. The summed E-state index contributed by atoms with van der Waals surface area (Å²) in [5, 5.41) is 30.9. The molecular weight excluding hydrogens is 336 g/mol. The molecule has 3 nitrogen and oxygen atoms in total. The van der Waals surface area contributed by atoms with Crippen LogP contribution in [0.4, 0.5) is 0 Å². The Morgan fingerprint density at radius 1 is 1.04 bits per heavy atom. The maximum atomic E-state index is 10.4. The molecule has 0 aromatic heterocycles. The van der Waals surface area contributed by atoms with Gasteiger partial charge in [-0.15, -0.1) is 0 Å². The van der Waals surface area contributed by atoms with Gasteiger partial charge >= 0.3 is 0 Å². The number of fused-ring (bicyclic) bond motifs is 2. The highest BCUT2D eigenvalue weighted by molar-refractivity contribution is 5.31. The average Bonchev–Trinajstić information content (AvgIpc) is 2.66. The second-order valence-electron chi connectivity index (χ2n) is 11.2. The predicted molar refractivity (Wildman–Crippen MR) is 108 cm³/mol. The Bertz CT molecular complexity index is 613. The van der Waals surface area contributed by atoms with Crippen molar-refractivity contribution < 1.29 is 15.3 Å². The highest BCUT2D eigenvalue weighted by Crippen LogP contribution is 2.73. The lowest BCUT2D eigenvalue weighted by Crippen LogP contribution is -2.65. The smallest absolute Gasteiger partial charge is 0.0487 e. The fourth-order valence-corrected chi connectivity index (χ4v) is 8.76. The number of hydrogen-bond donors (Lipinski definition) is 3. The number of allylic oxidation sites excluding steroid dienone is 2. The van der Waals surface area contributed by atoms with E-state index < -0.39 is 0 Å². The van der Waals surface area contributed by atoms with Crippen LogP contribution in [0.2, 0.25) is 0 Å². The molecule has 0 saturated heterocycles. The second-order valence-corrected chi connectivity index (χ2v) is 11.2. The fourth-order valence-electron chi connectivity index (χ4n) is 8.76. The first-order chi connectivity index (χ1) is 12.8. The highest BCUT2D eigenvalue weighted by atomic mass is 16.3. The highest BCUT2D eigenvalue weighted by Gasteiger charge is 2.67. The van der Waals surface area contributed by atoms with Crippen LogP contribution in [0.3, 0.4) is 0 Å². The van der Waals surface area contributed by atoms with Crippen LogP contribution >= 0.6 is 0 Å². The van der Waals surface area contributed by atoms with Crippen molar-refractivity contribution in [2.45, 2.75) is 66.2 Å². The van der Waals surface area contributed by atoms with Gasteiger partial charge in [0.25, 0.3) is 0 Å². The first-order valence-corrected chi connectivity index (χ1v) is 11.3. The third-order valence-corrected chi connectivity index (χ3v) is 9.92. The second kappa shape index (κ2) is 6.57. The van der Waals surface area contributed by atoms with Crippen molar-refractivity contribution in [1.29, 1.82) is 0 Å². The van der Waals surface area contributed by atoms with Crippen LogP contribution in [-0.4, -0.2) is 35.1 Å². The van der Waals surface area contributed by atoms with Crippen LogP contribution in [-0.2, 0) is 0 Å². The lowest BCUT2D eigenvalue weighted by atomic mass is 9.34. The summed E-state index contributed by atoms with van der Waals surface area (Å²) in [6, 6.07) is 0. The van der Waals surface area contributed by atoms with Crippen molar-refractivity contribution in [2.75, 3.05) is 19.8 Å². The molecular formula is C24H40O3. The summed E-state index contributed by atoms with van der Waals surface area (Å²) in [5.41, 5.74) is 1.85. The Morgan fingerprint density at radius 3 is 2.37 bits per heavy atom. The van der Waals surface area contributed by atoms with Gasteiger partial charge in [-0.1, -0.05) is 45.8 Å². The van der Waals surface area contributed by atoms with Gasteiger partial charge in [0.15, 0.2) is 0 Å². The van der Waals surface area contributed by atoms with Crippen LogP contribution in [0.25, 0.3) is 0 Å². The molecule has 3 saturated carbocycles. The van der Waals surface area contributed by atoms with E-state index in [0.717, 1.165) is 19.3 Å². The zero-order valence-corrected chi connectivity index (χ0v) is 17.7. The van der Waals surface area contributed by atoms with E-state index >= 15 is 0 Å². The SMILES string of the molecule is CC(C)C1=C[C@@]23CC[C@H]4[C@](C)(CO)CCC[C@]4(C)[C@H]2C[C@@H]1[C@@H](CO)[C@H]3CO. The Kier molecular flexibility index (Phi) is 4.85. The zero-order valence-electron chi connectivity index (χ0n) is 17.7. The van der Waals surface area contributed by atoms with E-state index in [0.29, 0.717) is 30.3 Å². The van der Waals surface area contributed by atoms with Gasteiger partial charge in [0.05, 0.1) is 0 Å². The van der Waals surface area contributed by atoms with Gasteiger partial charge in [0.1, 0.15) is 0 Å². The molecule has 27 heavy (non-hydrogen) atoms. The molecule has 3 heteroatoms. The third kappa shape index (κ3) is 2.50. The molecule has 3 fully saturated rings. The molecule has 0 heterocycles. The average molecular weight is 377 g/mol. The largest absolute Gasteiger partial charge is 0.396 e. The Morgan fingerprint density at radius 2 is 1.78 bits per heavy atom. The van der Waals surface area contributed by atoms with Crippen LogP contribution in [0.15, 0.2) is 11.6 Å². The van der Waals surface area contributed by atoms with E-state index in [4.69, 9.17) is 0 Å². The lowest BCUT2D eigenvalue weighted by molar-refractivity contribution is -0.199. The monoisotopic (exact) mass is 376 g/mol. The maximum absolute atomic E-state index is 10.4. The lowest BCUT2D eigenvalue weighted by Gasteiger charge is -2.70. The molecule has 0 amide bonds. The summed E-state index contributed by atoms with van der Waals surface area (Å²) in [5.74, 6) is 2.47. The molecule has 0 radical (unpaired) electrons. The van der Waals surface area contributed by atoms with E-state index in [2.05, 4.69) is 33.8 Å². The van der Waals surface area contributed by atoms with Gasteiger partial charge in [-0.3, -0.25) is 0 Å². The molecule has 5 aliphatic rings. The molecule has 1 spiro atoms. The molecule has 0 aromatic carbocycles. The van der Waals surface area contributed by atoms with E-state index in [1.165, 1.54) is 24.8 Å². The Balaban J connectivity index is 1.82. The van der Waals surface area contributed by atoms with E-state index in [9.17, 15) is 15.3 Å². The first kappa shape index (κ1) is 19.9. The van der Waals surface area contributed by atoms with E-state index in [1.54, 1.807) is 0 Å². The summed E-state index contributed by atoms with van der Waals surface area (Å²) in [4.78, 5) is 0. The number of rotatable bonds is 4. The molecule has 3 N–H and O–H groups in total. The standard InChI is InChI=1S/C24H40O3/c1-15(2)17-11-24-9-6-20-22(3,14-27)7-5-8-23(20,4)21(24)10-16(17)18(12-25)19(24)13-26/h11,15-16,18-21,25-27H,5-10,12-14H2,1-4H3/t16-,18+,19+,20-,21+,22-,23-,24+/m0/s1. The summed E-state index contributed by atoms with van der Waals surface area (Å²) in [6.45, 7) is 10.1. The van der Waals surface area contributed by atoms with Crippen molar-refractivity contribution in [3.05, 3.63) is 11.6 Å². The Hall–Kier alpha value is -0.380.